The summed E-state index contributed by atoms with van der Waals surface area (Å²) >= 11 is 0. The largest absolute Gasteiger partial charge is 0.508 e. The summed E-state index contributed by atoms with van der Waals surface area (Å²) in [6.45, 7) is 0.665. The Morgan fingerprint density at radius 1 is 1.14 bits per heavy atom. The van der Waals surface area contributed by atoms with Crippen LogP contribution >= 0.6 is 0 Å². The van der Waals surface area contributed by atoms with Crippen molar-refractivity contribution in [1.82, 2.24) is 5.43 Å². The number of nitrogens with one attached hydrogen (secondary N) is 1. The number of nitrogens with zero attached hydrogens (tertiary/aromatic N) is 1. The van der Waals surface area contributed by atoms with E-state index in [0.29, 0.717) is 6.54 Å². The van der Waals surface area contributed by atoms with Gasteiger partial charge in [0.05, 0.1) is 6.42 Å². The van der Waals surface area contributed by atoms with Crippen molar-refractivity contribution < 1.29 is 9.90 Å². The fourth-order valence-electron chi connectivity index (χ4n) is 2.16. The van der Waals surface area contributed by atoms with Gasteiger partial charge < -0.3 is 10.0 Å². The van der Waals surface area contributed by atoms with Gasteiger partial charge in [0.1, 0.15) is 5.75 Å². The summed E-state index contributed by atoms with van der Waals surface area (Å²) in [5.41, 5.74) is 5.16. The van der Waals surface area contributed by atoms with Crippen LogP contribution in [-0.4, -0.2) is 18.1 Å². The Hall–Kier alpha value is -2.53. The first-order chi connectivity index (χ1) is 10.1. The molecule has 0 unspecified atom stereocenters. The number of benzene rings is 2. The zero-order valence-electron chi connectivity index (χ0n) is 11.9. The van der Waals surface area contributed by atoms with E-state index in [9.17, 15) is 9.90 Å². The molecule has 4 N–H and O–H groups in total. The predicted octanol–water partition coefficient (Wildman–Crippen LogP) is 1.56. The van der Waals surface area contributed by atoms with Crippen LogP contribution < -0.4 is 16.2 Å². The van der Waals surface area contributed by atoms with Crippen LogP contribution in [0.3, 0.4) is 0 Å². The first-order valence-electron chi connectivity index (χ1n) is 6.66. The Bertz CT molecular complexity index is 611. The lowest BCUT2D eigenvalue weighted by molar-refractivity contribution is -0.120. The number of phenolic OH excluding ortho intramolecular Hbond substituents is 1. The van der Waals surface area contributed by atoms with Crippen molar-refractivity contribution in [1.29, 1.82) is 0 Å². The van der Waals surface area contributed by atoms with Gasteiger partial charge in [-0.15, -0.1) is 0 Å². The summed E-state index contributed by atoms with van der Waals surface area (Å²) < 4.78 is 0. The quantitative estimate of drug-likeness (QED) is 0.442. The minimum absolute atomic E-state index is 0.213. The van der Waals surface area contributed by atoms with E-state index in [1.54, 1.807) is 12.1 Å². The monoisotopic (exact) mass is 285 g/mol. The Balaban J connectivity index is 2.15. The van der Waals surface area contributed by atoms with Gasteiger partial charge in [0.15, 0.2) is 0 Å². The van der Waals surface area contributed by atoms with Crippen molar-refractivity contribution in [3.63, 3.8) is 0 Å². The van der Waals surface area contributed by atoms with Crippen LogP contribution in [0.15, 0.2) is 48.5 Å². The molecule has 0 saturated carbocycles. The van der Waals surface area contributed by atoms with Crippen molar-refractivity contribution in [2.45, 2.75) is 13.0 Å². The van der Waals surface area contributed by atoms with Crippen molar-refractivity contribution in [3.8, 4) is 5.75 Å². The summed E-state index contributed by atoms with van der Waals surface area (Å²) in [5, 5.41) is 9.32. The maximum Gasteiger partial charge on any atom is 0.238 e. The molecule has 0 saturated heterocycles. The fraction of sp³-hybridized carbons (Fsp3) is 0.188. The third-order valence-corrected chi connectivity index (χ3v) is 3.33. The molecule has 1 amide bonds. The minimum atomic E-state index is -0.213. The van der Waals surface area contributed by atoms with Gasteiger partial charge in [-0.1, -0.05) is 24.3 Å². The average molecular weight is 285 g/mol. The van der Waals surface area contributed by atoms with Crippen LogP contribution in [0.25, 0.3) is 0 Å². The molecule has 0 radical (unpaired) electrons. The lowest BCUT2D eigenvalue weighted by atomic mass is 10.0. The molecule has 110 valence electrons. The van der Waals surface area contributed by atoms with Gasteiger partial charge in [-0.25, -0.2) is 5.84 Å². The molecule has 0 fully saturated rings. The highest BCUT2D eigenvalue weighted by molar-refractivity contribution is 5.78. The highest BCUT2D eigenvalue weighted by Gasteiger charge is 2.09. The number of carbonyl (C=O) groups excluding carboxylic acids is 1. The molecule has 5 nitrogen and oxygen atoms in total. The number of anilines is 1. The van der Waals surface area contributed by atoms with E-state index in [0.717, 1.165) is 16.8 Å². The molecule has 0 atom stereocenters. The summed E-state index contributed by atoms with van der Waals surface area (Å²) in [6, 6.07) is 14.8. The maximum atomic E-state index is 11.4. The van der Waals surface area contributed by atoms with E-state index in [1.807, 2.05) is 43.4 Å². The third kappa shape index (κ3) is 3.97. The average Bonchev–Trinajstić information content (AvgIpc) is 2.49. The van der Waals surface area contributed by atoms with E-state index in [1.165, 1.54) is 0 Å². The fourth-order valence-corrected chi connectivity index (χ4v) is 2.16. The van der Waals surface area contributed by atoms with Crippen LogP contribution in [0.2, 0.25) is 0 Å². The van der Waals surface area contributed by atoms with Crippen LogP contribution in [0.1, 0.15) is 11.1 Å². The molecule has 0 aliphatic carbocycles. The van der Waals surface area contributed by atoms with E-state index in [2.05, 4.69) is 10.3 Å². The van der Waals surface area contributed by atoms with Gasteiger partial charge in [0.2, 0.25) is 5.91 Å². The normalized spacial score (nSPS) is 10.2. The van der Waals surface area contributed by atoms with Gasteiger partial charge in [0.25, 0.3) is 0 Å². The first-order valence-corrected chi connectivity index (χ1v) is 6.66. The van der Waals surface area contributed by atoms with Gasteiger partial charge in [-0.2, -0.15) is 0 Å². The molecule has 5 heteroatoms. The van der Waals surface area contributed by atoms with Crippen LogP contribution in [0.5, 0.6) is 5.75 Å². The number of hydrogen-bond acceptors (Lipinski definition) is 4. The number of hydrazine groups is 1. The molecule has 0 aliphatic heterocycles. The Kier molecular flexibility index (Phi) is 4.79. The zero-order chi connectivity index (χ0) is 15.2. The second-order valence-corrected chi connectivity index (χ2v) is 4.89. The van der Waals surface area contributed by atoms with Crippen molar-refractivity contribution in [2.24, 2.45) is 5.84 Å². The van der Waals surface area contributed by atoms with Crippen molar-refractivity contribution >= 4 is 11.6 Å². The molecule has 0 heterocycles. The molecule has 0 bridgehead atoms. The zero-order valence-corrected chi connectivity index (χ0v) is 11.9. The smallest absolute Gasteiger partial charge is 0.238 e. The van der Waals surface area contributed by atoms with E-state index < -0.39 is 0 Å². The number of nitrogens with two attached hydrogens (primary N) is 1. The standard InChI is InChI=1S/C16H19N3O2/c1-19(14-6-8-15(20)9-7-14)11-13-5-3-2-4-12(13)10-16(21)18-17/h2-9,20H,10-11,17H2,1H3,(H,18,21). The molecule has 0 spiro atoms. The SMILES string of the molecule is CN(Cc1ccccc1CC(=O)NN)c1ccc(O)cc1. The molecule has 2 aromatic rings. The topological polar surface area (TPSA) is 78.6 Å². The number of amides is 1. The lowest BCUT2D eigenvalue weighted by Crippen LogP contribution is -2.31. The molecular weight excluding hydrogens is 266 g/mol. The number of phenols is 1. The number of carbonyl (C=O) groups is 1. The summed E-state index contributed by atoms with van der Waals surface area (Å²) in [6.07, 6.45) is 0.260. The first kappa shape index (κ1) is 14.9. The van der Waals surface area contributed by atoms with Crippen LogP contribution in [0, 0.1) is 0 Å². The molecule has 2 aromatic carbocycles. The molecule has 21 heavy (non-hydrogen) atoms. The van der Waals surface area contributed by atoms with Gasteiger partial charge in [0, 0.05) is 19.3 Å². The minimum Gasteiger partial charge on any atom is -0.508 e. The Morgan fingerprint density at radius 3 is 2.38 bits per heavy atom. The van der Waals surface area contributed by atoms with Gasteiger partial charge in [-0.05, 0) is 35.4 Å². The van der Waals surface area contributed by atoms with E-state index in [-0.39, 0.29) is 18.1 Å². The Labute approximate surface area is 124 Å². The number of hydrogen-bond donors (Lipinski definition) is 3. The second kappa shape index (κ2) is 6.76. The lowest BCUT2D eigenvalue weighted by Gasteiger charge is -2.21. The van der Waals surface area contributed by atoms with Crippen LogP contribution in [-0.2, 0) is 17.8 Å². The van der Waals surface area contributed by atoms with Gasteiger partial charge in [-0.3, -0.25) is 10.2 Å². The summed E-state index contributed by atoms with van der Waals surface area (Å²) in [4.78, 5) is 13.5. The highest BCUT2D eigenvalue weighted by atomic mass is 16.3. The van der Waals surface area contributed by atoms with Crippen LogP contribution in [0.4, 0.5) is 5.69 Å². The van der Waals surface area contributed by atoms with Crippen molar-refractivity contribution in [2.75, 3.05) is 11.9 Å². The predicted molar refractivity (Wildman–Crippen MR) is 82.7 cm³/mol. The summed E-state index contributed by atoms with van der Waals surface area (Å²) in [7, 11) is 1.96. The van der Waals surface area contributed by atoms with Crippen molar-refractivity contribution in [3.05, 3.63) is 59.7 Å². The third-order valence-electron chi connectivity index (χ3n) is 3.33. The Morgan fingerprint density at radius 2 is 1.76 bits per heavy atom. The summed E-state index contributed by atoms with van der Waals surface area (Å²) in [5.74, 6) is 5.17. The highest BCUT2D eigenvalue weighted by Crippen LogP contribution is 2.20. The molecular formula is C16H19N3O2. The number of aromatic hydroxyl groups is 1. The van der Waals surface area contributed by atoms with Gasteiger partial charge >= 0.3 is 0 Å². The van der Waals surface area contributed by atoms with E-state index in [4.69, 9.17) is 5.84 Å². The van der Waals surface area contributed by atoms with E-state index >= 15 is 0 Å². The molecule has 0 aliphatic rings. The molecule has 2 rings (SSSR count). The second-order valence-electron chi connectivity index (χ2n) is 4.89. The maximum absolute atomic E-state index is 11.4. The molecule has 0 aromatic heterocycles. The number of rotatable bonds is 5.